The van der Waals surface area contributed by atoms with E-state index in [2.05, 4.69) is 15.0 Å². The van der Waals surface area contributed by atoms with Gasteiger partial charge in [-0.25, -0.2) is 8.42 Å². The van der Waals surface area contributed by atoms with Crippen molar-refractivity contribution < 1.29 is 17.9 Å². The van der Waals surface area contributed by atoms with E-state index in [1.165, 1.54) is 6.07 Å². The molecular weight excluding hydrogens is 450 g/mol. The molecule has 0 aromatic heterocycles. The van der Waals surface area contributed by atoms with Gasteiger partial charge in [-0.1, -0.05) is 68.4 Å². The Bertz CT molecular complexity index is 1300. The van der Waals surface area contributed by atoms with Crippen molar-refractivity contribution in [1.29, 1.82) is 0 Å². The summed E-state index contributed by atoms with van der Waals surface area (Å²) in [6, 6.07) is 22.6. The highest BCUT2D eigenvalue weighted by Gasteiger charge is 2.33. The topological polar surface area (TPSA) is 96.9 Å². The van der Waals surface area contributed by atoms with E-state index in [1.807, 2.05) is 68.4 Å². The zero-order valence-electron chi connectivity index (χ0n) is 19.2. The van der Waals surface area contributed by atoms with E-state index in [4.69, 9.17) is 4.74 Å². The lowest BCUT2D eigenvalue weighted by molar-refractivity contribution is -0.123. The van der Waals surface area contributed by atoms with Gasteiger partial charge in [0.25, 0.3) is 10.0 Å². The molecule has 0 saturated carbocycles. The van der Waals surface area contributed by atoms with E-state index in [0.717, 1.165) is 16.9 Å². The van der Waals surface area contributed by atoms with Gasteiger partial charge in [0, 0.05) is 5.56 Å². The number of fused-ring (bicyclic) bond motifs is 1. The van der Waals surface area contributed by atoms with Crippen LogP contribution in [0.15, 0.2) is 88.8 Å². The van der Waals surface area contributed by atoms with Crippen molar-refractivity contribution >= 4 is 21.8 Å². The predicted molar refractivity (Wildman–Crippen MR) is 131 cm³/mol. The van der Waals surface area contributed by atoms with Crippen LogP contribution in [-0.4, -0.2) is 33.3 Å². The van der Waals surface area contributed by atoms with Crippen LogP contribution < -0.4 is 14.8 Å². The number of hydrogen-bond acceptors (Lipinski definition) is 5. The number of methoxy groups -OCH3 is 1. The summed E-state index contributed by atoms with van der Waals surface area (Å²) >= 11 is 0. The summed E-state index contributed by atoms with van der Waals surface area (Å²) in [6.45, 7) is 3.77. The van der Waals surface area contributed by atoms with Crippen LogP contribution in [0.4, 0.5) is 0 Å². The molecule has 0 radical (unpaired) electrons. The van der Waals surface area contributed by atoms with Gasteiger partial charge >= 0.3 is 0 Å². The SMILES string of the molecule is COc1ccc([C@H](NC(=O)[C@H](N=C2NS(=O)(=O)c3ccccc32)C(C)C)c2ccccc2)cc1. The molecular formula is C26H27N3O4S. The summed E-state index contributed by atoms with van der Waals surface area (Å²) < 4.78 is 32.7. The molecule has 176 valence electrons. The van der Waals surface area contributed by atoms with Crippen molar-refractivity contribution in [3.05, 3.63) is 95.6 Å². The van der Waals surface area contributed by atoms with Crippen molar-refractivity contribution in [1.82, 2.24) is 10.0 Å². The van der Waals surface area contributed by atoms with Gasteiger partial charge in [0.05, 0.1) is 18.0 Å². The molecule has 0 saturated heterocycles. The third-order valence-electron chi connectivity index (χ3n) is 5.70. The molecule has 3 aromatic carbocycles. The summed E-state index contributed by atoms with van der Waals surface area (Å²) in [5.74, 6) is 0.443. The van der Waals surface area contributed by atoms with Gasteiger partial charge in [-0.3, -0.25) is 14.5 Å². The Balaban J connectivity index is 1.67. The Kier molecular flexibility index (Phi) is 6.70. The summed E-state index contributed by atoms with van der Waals surface area (Å²) in [6.07, 6.45) is 0. The zero-order chi connectivity index (χ0) is 24.3. The Morgan fingerprint density at radius 2 is 1.53 bits per heavy atom. The minimum atomic E-state index is -3.69. The van der Waals surface area contributed by atoms with Gasteiger partial charge < -0.3 is 10.1 Å². The maximum atomic E-state index is 13.5. The first-order valence-corrected chi connectivity index (χ1v) is 12.5. The van der Waals surface area contributed by atoms with Gasteiger partial charge in [-0.2, -0.15) is 0 Å². The maximum Gasteiger partial charge on any atom is 0.263 e. The highest BCUT2D eigenvalue weighted by molar-refractivity contribution is 7.90. The van der Waals surface area contributed by atoms with E-state index in [0.29, 0.717) is 5.56 Å². The maximum absolute atomic E-state index is 13.5. The molecule has 7 nitrogen and oxygen atoms in total. The second kappa shape index (κ2) is 9.69. The zero-order valence-corrected chi connectivity index (χ0v) is 20.0. The van der Waals surface area contributed by atoms with Crippen LogP contribution in [-0.2, 0) is 14.8 Å². The number of benzene rings is 3. The van der Waals surface area contributed by atoms with Crippen LogP contribution in [0.3, 0.4) is 0 Å². The van der Waals surface area contributed by atoms with Crippen molar-refractivity contribution in [2.24, 2.45) is 10.9 Å². The molecule has 1 aliphatic rings. The fourth-order valence-corrected chi connectivity index (χ4v) is 5.15. The molecule has 0 fully saturated rings. The number of nitrogens with zero attached hydrogens (tertiary/aromatic N) is 1. The standard InChI is InChI=1S/C26H27N3O4S/c1-17(2)23(27-25-21-11-7-8-12-22(21)34(31,32)29-25)26(30)28-24(18-9-5-4-6-10-18)19-13-15-20(33-3)16-14-19/h4-17,23-24H,1-3H3,(H,27,29)(H,28,30)/t23-,24-/m1/s1. The van der Waals surface area contributed by atoms with Crippen molar-refractivity contribution in [2.45, 2.75) is 30.8 Å². The van der Waals surface area contributed by atoms with Crippen LogP contribution in [0, 0.1) is 5.92 Å². The van der Waals surface area contributed by atoms with Crippen LogP contribution in [0.25, 0.3) is 0 Å². The fraction of sp³-hybridized carbons (Fsp3) is 0.231. The highest BCUT2D eigenvalue weighted by Crippen LogP contribution is 2.26. The van der Waals surface area contributed by atoms with E-state index < -0.39 is 22.1 Å². The lowest BCUT2D eigenvalue weighted by Gasteiger charge is -2.24. The summed E-state index contributed by atoms with van der Waals surface area (Å²) in [4.78, 5) is 18.2. The average molecular weight is 478 g/mol. The van der Waals surface area contributed by atoms with E-state index in [9.17, 15) is 13.2 Å². The number of ether oxygens (including phenoxy) is 1. The number of hydrogen-bond donors (Lipinski definition) is 2. The number of carbonyl (C=O) groups excluding carboxylic acids is 1. The predicted octanol–water partition coefficient (Wildman–Crippen LogP) is 3.66. The molecule has 3 aromatic rings. The summed E-state index contributed by atoms with van der Waals surface area (Å²) in [7, 11) is -2.09. The first-order chi connectivity index (χ1) is 16.3. The number of aliphatic imine (C=N–C) groups is 1. The first-order valence-electron chi connectivity index (χ1n) is 11.0. The lowest BCUT2D eigenvalue weighted by Crippen LogP contribution is -2.40. The minimum absolute atomic E-state index is 0.164. The molecule has 4 rings (SSSR count). The Labute approximate surface area is 199 Å². The third kappa shape index (κ3) is 4.82. The van der Waals surface area contributed by atoms with Gasteiger partial charge in [-0.05, 0) is 41.3 Å². The normalized spacial score (nSPS) is 17.0. The average Bonchev–Trinajstić information content (AvgIpc) is 3.11. The van der Waals surface area contributed by atoms with E-state index >= 15 is 0 Å². The summed E-state index contributed by atoms with van der Waals surface area (Å²) in [5, 5.41) is 3.12. The molecule has 1 amide bonds. The number of carbonyl (C=O) groups is 1. The van der Waals surface area contributed by atoms with Crippen LogP contribution >= 0.6 is 0 Å². The molecule has 0 unspecified atom stereocenters. The highest BCUT2D eigenvalue weighted by atomic mass is 32.2. The molecule has 0 bridgehead atoms. The van der Waals surface area contributed by atoms with Crippen LogP contribution in [0.5, 0.6) is 5.75 Å². The van der Waals surface area contributed by atoms with Crippen molar-refractivity contribution in [3.63, 3.8) is 0 Å². The monoisotopic (exact) mass is 477 g/mol. The van der Waals surface area contributed by atoms with Crippen molar-refractivity contribution in [2.75, 3.05) is 7.11 Å². The molecule has 1 aliphatic heterocycles. The number of rotatable bonds is 7. The third-order valence-corrected chi connectivity index (χ3v) is 7.10. The summed E-state index contributed by atoms with van der Waals surface area (Å²) in [5.41, 5.74) is 2.28. The molecule has 34 heavy (non-hydrogen) atoms. The second-order valence-corrected chi connectivity index (χ2v) is 10.0. The number of amidine groups is 1. The van der Waals surface area contributed by atoms with E-state index in [1.54, 1.807) is 25.3 Å². The molecule has 0 spiro atoms. The molecule has 0 aliphatic carbocycles. The lowest BCUT2D eigenvalue weighted by atomic mass is 9.97. The molecule has 1 heterocycles. The molecule has 8 heteroatoms. The van der Waals surface area contributed by atoms with Gasteiger partial charge in [0.2, 0.25) is 5.91 Å². The Hall–Kier alpha value is -3.65. The van der Waals surface area contributed by atoms with Crippen LogP contribution in [0.1, 0.15) is 36.6 Å². The van der Waals surface area contributed by atoms with Gasteiger partial charge in [-0.15, -0.1) is 0 Å². The fourth-order valence-electron chi connectivity index (χ4n) is 3.91. The number of nitrogens with one attached hydrogen (secondary N) is 2. The minimum Gasteiger partial charge on any atom is -0.497 e. The smallest absolute Gasteiger partial charge is 0.263 e. The number of amides is 1. The Morgan fingerprint density at radius 3 is 2.18 bits per heavy atom. The quantitative estimate of drug-likeness (QED) is 0.543. The second-order valence-electron chi connectivity index (χ2n) is 8.39. The van der Waals surface area contributed by atoms with Crippen molar-refractivity contribution in [3.8, 4) is 5.75 Å². The molecule has 2 N–H and O–H groups in total. The molecule has 2 atom stereocenters. The number of sulfonamides is 1. The van der Waals surface area contributed by atoms with Gasteiger partial charge in [0.15, 0.2) is 0 Å². The van der Waals surface area contributed by atoms with Gasteiger partial charge in [0.1, 0.15) is 17.6 Å². The van der Waals surface area contributed by atoms with E-state index in [-0.39, 0.29) is 22.6 Å². The van der Waals surface area contributed by atoms with Crippen LogP contribution in [0.2, 0.25) is 0 Å². The first kappa shape index (κ1) is 23.5. The largest absolute Gasteiger partial charge is 0.497 e. The Morgan fingerprint density at radius 1 is 0.912 bits per heavy atom.